The topological polar surface area (TPSA) is 58.2 Å². The van der Waals surface area contributed by atoms with E-state index in [1.807, 2.05) is 27.7 Å². The quantitative estimate of drug-likeness (QED) is 0.803. The summed E-state index contributed by atoms with van der Waals surface area (Å²) in [6.07, 6.45) is 4.73. The summed E-state index contributed by atoms with van der Waals surface area (Å²) >= 11 is 0. The van der Waals surface area contributed by atoms with E-state index in [1.54, 1.807) is 0 Å². The van der Waals surface area contributed by atoms with Crippen molar-refractivity contribution in [3.63, 3.8) is 0 Å². The zero-order chi connectivity index (χ0) is 14.4. The number of amides is 2. The highest BCUT2D eigenvalue weighted by Crippen LogP contribution is 2.19. The molecule has 1 rings (SSSR count). The third-order valence-electron chi connectivity index (χ3n) is 4.00. The maximum atomic E-state index is 11.8. The Morgan fingerprint density at radius 2 is 1.37 bits per heavy atom. The van der Waals surface area contributed by atoms with Crippen LogP contribution in [0.15, 0.2) is 0 Å². The molecule has 19 heavy (non-hydrogen) atoms. The smallest absolute Gasteiger partial charge is 0.223 e. The number of hydrogen-bond donors (Lipinski definition) is 2. The van der Waals surface area contributed by atoms with Crippen molar-refractivity contribution in [2.75, 3.05) is 0 Å². The van der Waals surface area contributed by atoms with Crippen LogP contribution in [0, 0.1) is 11.8 Å². The second-order valence-corrected chi connectivity index (χ2v) is 6.03. The molecule has 4 nitrogen and oxygen atoms in total. The van der Waals surface area contributed by atoms with Crippen LogP contribution in [0.4, 0.5) is 0 Å². The van der Waals surface area contributed by atoms with Crippen molar-refractivity contribution in [3.8, 4) is 0 Å². The lowest BCUT2D eigenvalue weighted by Gasteiger charge is -2.30. The lowest BCUT2D eigenvalue weighted by Crippen LogP contribution is -2.45. The van der Waals surface area contributed by atoms with Crippen LogP contribution in [-0.4, -0.2) is 23.9 Å². The minimum atomic E-state index is 0.0443. The lowest BCUT2D eigenvalue weighted by molar-refractivity contribution is -0.126. The molecule has 1 fully saturated rings. The molecule has 2 amide bonds. The van der Waals surface area contributed by atoms with Crippen LogP contribution in [-0.2, 0) is 9.59 Å². The van der Waals surface area contributed by atoms with Crippen molar-refractivity contribution >= 4 is 11.8 Å². The normalized spacial score (nSPS) is 24.9. The van der Waals surface area contributed by atoms with Crippen molar-refractivity contribution < 1.29 is 9.59 Å². The standard InChI is InChI=1S/C15H28N2O2/c1-5-11(4)15(19)17-13-8-6-12(7-9-13)16-14(18)10(2)3/h10-13H,5-9H2,1-4H3,(H,16,18)(H,17,19). The summed E-state index contributed by atoms with van der Waals surface area (Å²) in [7, 11) is 0. The molecule has 0 aromatic rings. The number of carbonyl (C=O) groups is 2. The van der Waals surface area contributed by atoms with E-state index in [9.17, 15) is 9.59 Å². The first-order valence-corrected chi connectivity index (χ1v) is 7.54. The third kappa shape index (κ3) is 5.21. The van der Waals surface area contributed by atoms with Crippen LogP contribution in [0.3, 0.4) is 0 Å². The molecule has 110 valence electrons. The van der Waals surface area contributed by atoms with E-state index >= 15 is 0 Å². The van der Waals surface area contributed by atoms with Gasteiger partial charge in [-0.1, -0.05) is 27.7 Å². The van der Waals surface area contributed by atoms with Crippen molar-refractivity contribution in [3.05, 3.63) is 0 Å². The third-order valence-corrected chi connectivity index (χ3v) is 4.00. The van der Waals surface area contributed by atoms with E-state index in [4.69, 9.17) is 0 Å². The molecule has 1 unspecified atom stereocenters. The van der Waals surface area contributed by atoms with E-state index < -0.39 is 0 Å². The fourth-order valence-electron chi connectivity index (χ4n) is 2.28. The number of nitrogens with one attached hydrogen (secondary N) is 2. The lowest BCUT2D eigenvalue weighted by atomic mass is 9.90. The molecule has 0 saturated heterocycles. The van der Waals surface area contributed by atoms with Crippen molar-refractivity contribution in [1.29, 1.82) is 0 Å². The monoisotopic (exact) mass is 268 g/mol. The molecule has 1 atom stereocenters. The Labute approximate surface area is 116 Å². The van der Waals surface area contributed by atoms with Gasteiger partial charge >= 0.3 is 0 Å². The molecule has 2 N–H and O–H groups in total. The summed E-state index contributed by atoms with van der Waals surface area (Å²) in [5.41, 5.74) is 0. The van der Waals surface area contributed by atoms with Gasteiger partial charge in [0.1, 0.15) is 0 Å². The Morgan fingerprint density at radius 3 is 1.74 bits per heavy atom. The fourth-order valence-corrected chi connectivity index (χ4v) is 2.28. The molecule has 1 aliphatic carbocycles. The molecule has 0 heterocycles. The predicted octanol–water partition coefficient (Wildman–Crippen LogP) is 2.23. The zero-order valence-corrected chi connectivity index (χ0v) is 12.7. The molecular weight excluding hydrogens is 240 g/mol. The number of carbonyl (C=O) groups excluding carboxylic acids is 2. The average Bonchev–Trinajstić information content (AvgIpc) is 2.39. The van der Waals surface area contributed by atoms with Crippen LogP contribution in [0.2, 0.25) is 0 Å². The van der Waals surface area contributed by atoms with Crippen LogP contribution in [0.1, 0.15) is 59.8 Å². The predicted molar refractivity (Wildman–Crippen MR) is 76.6 cm³/mol. The Balaban J connectivity index is 2.29. The van der Waals surface area contributed by atoms with E-state index in [0.29, 0.717) is 0 Å². The molecule has 4 heteroatoms. The number of hydrogen-bond acceptors (Lipinski definition) is 2. The summed E-state index contributed by atoms with van der Waals surface area (Å²) in [6.45, 7) is 7.81. The Bertz CT molecular complexity index is 307. The summed E-state index contributed by atoms with van der Waals surface area (Å²) in [6, 6.07) is 0.570. The van der Waals surface area contributed by atoms with E-state index in [0.717, 1.165) is 32.1 Å². The largest absolute Gasteiger partial charge is 0.353 e. The van der Waals surface area contributed by atoms with Gasteiger partial charge in [0.05, 0.1) is 0 Å². The Kier molecular flexibility index (Phi) is 6.32. The maximum absolute atomic E-state index is 11.8. The molecule has 0 spiro atoms. The van der Waals surface area contributed by atoms with Crippen LogP contribution >= 0.6 is 0 Å². The second-order valence-electron chi connectivity index (χ2n) is 6.03. The van der Waals surface area contributed by atoms with Gasteiger partial charge in [-0.2, -0.15) is 0 Å². The van der Waals surface area contributed by atoms with Gasteiger partial charge in [-0.3, -0.25) is 9.59 Å². The first kappa shape index (κ1) is 16.0. The minimum absolute atomic E-state index is 0.0443. The van der Waals surface area contributed by atoms with Gasteiger partial charge in [0, 0.05) is 23.9 Å². The van der Waals surface area contributed by atoms with Gasteiger partial charge in [0.15, 0.2) is 0 Å². The van der Waals surface area contributed by atoms with Crippen LogP contribution in [0.5, 0.6) is 0 Å². The van der Waals surface area contributed by atoms with Crippen molar-refractivity contribution in [2.45, 2.75) is 71.9 Å². The average molecular weight is 268 g/mol. The van der Waals surface area contributed by atoms with Crippen LogP contribution < -0.4 is 10.6 Å². The maximum Gasteiger partial charge on any atom is 0.223 e. The molecule has 0 aliphatic heterocycles. The van der Waals surface area contributed by atoms with E-state index in [2.05, 4.69) is 10.6 Å². The first-order chi connectivity index (χ1) is 8.93. The molecule has 0 bridgehead atoms. The zero-order valence-electron chi connectivity index (χ0n) is 12.7. The molecule has 0 aromatic carbocycles. The van der Waals surface area contributed by atoms with Gasteiger partial charge in [-0.15, -0.1) is 0 Å². The molecule has 0 radical (unpaired) electrons. The second kappa shape index (κ2) is 7.51. The summed E-state index contributed by atoms with van der Waals surface area (Å²) in [5.74, 6) is 0.436. The Hall–Kier alpha value is -1.06. The van der Waals surface area contributed by atoms with Crippen LogP contribution in [0.25, 0.3) is 0 Å². The highest BCUT2D eigenvalue weighted by atomic mass is 16.2. The van der Waals surface area contributed by atoms with Gasteiger partial charge in [0.2, 0.25) is 11.8 Å². The van der Waals surface area contributed by atoms with E-state index in [1.165, 1.54) is 0 Å². The van der Waals surface area contributed by atoms with Crippen molar-refractivity contribution in [2.24, 2.45) is 11.8 Å². The molecule has 1 aliphatic rings. The first-order valence-electron chi connectivity index (χ1n) is 7.54. The summed E-state index contributed by atoms with van der Waals surface area (Å²) in [4.78, 5) is 23.4. The molecule has 0 aromatic heterocycles. The summed E-state index contributed by atoms with van der Waals surface area (Å²) in [5, 5.41) is 6.19. The van der Waals surface area contributed by atoms with Gasteiger partial charge in [-0.25, -0.2) is 0 Å². The number of rotatable bonds is 5. The highest BCUT2D eigenvalue weighted by Gasteiger charge is 2.24. The van der Waals surface area contributed by atoms with Gasteiger partial charge < -0.3 is 10.6 Å². The highest BCUT2D eigenvalue weighted by molar-refractivity contribution is 5.79. The van der Waals surface area contributed by atoms with Crippen molar-refractivity contribution in [1.82, 2.24) is 10.6 Å². The van der Waals surface area contributed by atoms with Gasteiger partial charge in [-0.05, 0) is 32.1 Å². The van der Waals surface area contributed by atoms with Gasteiger partial charge in [0.25, 0.3) is 0 Å². The Morgan fingerprint density at radius 1 is 0.947 bits per heavy atom. The minimum Gasteiger partial charge on any atom is -0.353 e. The SMILES string of the molecule is CCC(C)C(=O)NC1CCC(NC(=O)C(C)C)CC1. The molecule has 1 saturated carbocycles. The van der Waals surface area contributed by atoms with E-state index in [-0.39, 0.29) is 35.7 Å². The summed E-state index contributed by atoms with van der Waals surface area (Å²) < 4.78 is 0. The molecular formula is C15H28N2O2. The fraction of sp³-hybridized carbons (Fsp3) is 0.867.